The molecule has 0 saturated heterocycles. The lowest BCUT2D eigenvalue weighted by Gasteiger charge is -2.13. The third-order valence-corrected chi connectivity index (χ3v) is 26.8. The molecule has 0 bridgehead atoms. The van der Waals surface area contributed by atoms with Crippen molar-refractivity contribution in [3.63, 3.8) is 0 Å². The van der Waals surface area contributed by atoms with Crippen molar-refractivity contribution in [3.05, 3.63) is 455 Å². The SMILES string of the molecule is c1ccc(-c2nc(-c3ccc(-c4ncnc5ccccc45)cc3)nc(-c3ccc(-c4ncnc5ccccc45)cc3)n2)cc1.c1ccc2cc(-c3cc(-c4ccc5ccccc5c4)cc(-c4nc(-c5ccc6c(c5)oc5ccccc56)nc(-c5ccc6oc7ccccc7c6c5)n4)c3)ccc2c1.c1ccc2cc(-c3nc(-c4cccc5oc6ccccc6c45)nc(-c4cccc5oc6ccccc6c45)n3)ccc2c1. The van der Waals surface area contributed by atoms with Crippen molar-refractivity contribution in [2.45, 2.75) is 0 Å². The molecular formula is C127H75N13O4. The minimum atomic E-state index is 0.558. The predicted molar refractivity (Wildman–Crippen MR) is 578 cm³/mol. The average Bonchev–Trinajstić information content (AvgIpc) is 1.71. The maximum absolute atomic E-state index is 6.33. The Morgan fingerprint density at radius 2 is 0.438 bits per heavy atom. The summed E-state index contributed by atoms with van der Waals surface area (Å²) in [6.07, 6.45) is 3.21. The van der Waals surface area contributed by atoms with Crippen molar-refractivity contribution in [2.24, 2.45) is 0 Å². The first-order valence-electron chi connectivity index (χ1n) is 47.5. The Kier molecular flexibility index (Phi) is 20.4. The standard InChI is InChI=1S/C53H31N3O2.C37H23N7.C37H21N3O2/c1-3-11-34-25-36(19-17-32(34)9-1)40-27-41(37-20-18-33-10-2-4-12-35(33)26-37)29-42(28-40)53-55-51(38-22-24-49-46(30-38)44-14-6-8-16-48(44)57-49)54-52(56-53)39-21-23-45-43-13-5-7-15-47(43)58-50(45)31-39;1-2-8-26(9-3-1)35-42-36(27-18-14-24(15-19-27)33-29-10-4-6-12-31(29)38-22-40-33)44-37(43-35)28-20-16-25(17-21-28)34-30-11-5-7-13-32(30)39-23-41-34;1-2-10-23-21-24(20-19-22(23)9-1)35-38-36(27-13-7-17-31-33(27)25-11-3-5-15-29(25)41-31)40-37(39-35)28-14-8-18-32-34(28)26-12-4-6-16-30(26)42-32/h1-31H;1-23H;1-21H. The zero-order valence-corrected chi connectivity index (χ0v) is 76.7. The molecule has 0 atom stereocenters. The van der Waals surface area contributed by atoms with Crippen molar-refractivity contribution in [2.75, 3.05) is 0 Å². The van der Waals surface area contributed by atoms with Crippen LogP contribution >= 0.6 is 0 Å². The monoisotopic (exact) mass is 1850 g/mol. The number of para-hydroxylation sites is 6. The number of hydrogen-bond acceptors (Lipinski definition) is 17. The van der Waals surface area contributed by atoms with Crippen LogP contribution in [0.15, 0.2) is 473 Å². The summed E-state index contributed by atoms with van der Waals surface area (Å²) in [4.78, 5) is 63.6. The van der Waals surface area contributed by atoms with Crippen LogP contribution in [-0.4, -0.2) is 64.8 Å². The van der Waals surface area contributed by atoms with Crippen molar-refractivity contribution < 1.29 is 17.7 Å². The van der Waals surface area contributed by atoms with Crippen LogP contribution in [0.2, 0.25) is 0 Å². The molecule has 0 radical (unpaired) electrons. The van der Waals surface area contributed by atoms with Gasteiger partial charge in [-0.25, -0.2) is 64.8 Å². The van der Waals surface area contributed by atoms with E-state index in [1.807, 2.05) is 231 Å². The van der Waals surface area contributed by atoms with Gasteiger partial charge in [-0.15, -0.1) is 0 Å². The van der Waals surface area contributed by atoms with Crippen molar-refractivity contribution >= 4 is 142 Å². The van der Waals surface area contributed by atoms with Gasteiger partial charge in [0, 0.05) is 115 Å². The molecule has 0 fully saturated rings. The van der Waals surface area contributed by atoms with Crippen LogP contribution in [0.5, 0.6) is 0 Å². The zero-order valence-electron chi connectivity index (χ0n) is 76.7. The maximum atomic E-state index is 6.33. The summed E-state index contributed by atoms with van der Waals surface area (Å²) < 4.78 is 24.9. The normalized spacial score (nSPS) is 11.6. The molecule has 17 heteroatoms. The molecule has 0 saturated carbocycles. The maximum Gasteiger partial charge on any atom is 0.164 e. The van der Waals surface area contributed by atoms with Gasteiger partial charge in [0.2, 0.25) is 0 Å². The highest BCUT2D eigenvalue weighted by Gasteiger charge is 2.25. The Morgan fingerprint density at radius 1 is 0.139 bits per heavy atom. The zero-order chi connectivity index (χ0) is 95.1. The summed E-state index contributed by atoms with van der Waals surface area (Å²) in [6, 6.07) is 151. The Morgan fingerprint density at radius 3 is 0.931 bits per heavy atom. The predicted octanol–water partition coefficient (Wildman–Crippen LogP) is 32.2. The van der Waals surface area contributed by atoms with Gasteiger partial charge in [-0.2, -0.15) is 0 Å². The smallest absolute Gasteiger partial charge is 0.164 e. The van der Waals surface area contributed by atoms with Gasteiger partial charge in [0.1, 0.15) is 57.3 Å². The van der Waals surface area contributed by atoms with Gasteiger partial charge in [-0.3, -0.25) is 0 Å². The molecule has 672 valence electrons. The van der Waals surface area contributed by atoms with E-state index >= 15 is 0 Å². The topological polar surface area (TPSA) is 220 Å². The molecule has 20 aromatic carbocycles. The molecule has 0 spiro atoms. The summed E-state index contributed by atoms with van der Waals surface area (Å²) in [7, 11) is 0. The second kappa shape index (κ2) is 35.3. The molecule has 29 rings (SSSR count). The highest BCUT2D eigenvalue weighted by molar-refractivity contribution is 6.15. The lowest BCUT2D eigenvalue weighted by atomic mass is 9.93. The van der Waals surface area contributed by atoms with Crippen LogP contribution in [-0.2, 0) is 0 Å². The molecule has 0 aliphatic carbocycles. The molecule has 0 unspecified atom stereocenters. The number of rotatable bonds is 13. The fraction of sp³-hybridized carbons (Fsp3) is 0. The van der Waals surface area contributed by atoms with E-state index in [1.165, 1.54) is 26.9 Å². The molecule has 0 aliphatic rings. The van der Waals surface area contributed by atoms with Crippen molar-refractivity contribution in [1.82, 2.24) is 64.8 Å². The van der Waals surface area contributed by atoms with Gasteiger partial charge >= 0.3 is 0 Å². The van der Waals surface area contributed by atoms with Crippen LogP contribution < -0.4 is 0 Å². The number of aromatic nitrogens is 13. The number of nitrogens with zero attached hydrogens (tertiary/aromatic N) is 13. The first kappa shape index (κ1) is 83.5. The fourth-order valence-corrected chi connectivity index (χ4v) is 19.7. The molecule has 9 heterocycles. The van der Waals surface area contributed by atoms with Gasteiger partial charge in [-0.05, 0) is 170 Å². The van der Waals surface area contributed by atoms with Gasteiger partial charge < -0.3 is 17.7 Å². The van der Waals surface area contributed by atoms with Crippen molar-refractivity contribution in [1.29, 1.82) is 0 Å². The lowest BCUT2D eigenvalue weighted by Crippen LogP contribution is -2.00. The molecule has 0 N–H and O–H groups in total. The van der Waals surface area contributed by atoms with Gasteiger partial charge in [0.05, 0.1) is 22.4 Å². The second-order valence-corrected chi connectivity index (χ2v) is 35.6. The largest absolute Gasteiger partial charge is 0.456 e. The number of fused-ring (bicyclic) bond motifs is 17. The van der Waals surface area contributed by atoms with E-state index < -0.39 is 0 Å². The minimum absolute atomic E-state index is 0.558. The van der Waals surface area contributed by atoms with E-state index in [0.717, 1.165) is 210 Å². The van der Waals surface area contributed by atoms with Crippen LogP contribution in [0.4, 0.5) is 0 Å². The molecule has 9 aromatic heterocycles. The highest BCUT2D eigenvalue weighted by atomic mass is 16.3. The lowest BCUT2D eigenvalue weighted by molar-refractivity contribution is 0.668. The molecule has 17 nitrogen and oxygen atoms in total. The Labute approximate surface area is 821 Å². The molecule has 29 aromatic rings. The fourth-order valence-electron chi connectivity index (χ4n) is 19.7. The van der Waals surface area contributed by atoms with E-state index in [4.69, 9.17) is 62.5 Å². The Balaban J connectivity index is 0.000000109. The summed E-state index contributed by atoms with van der Waals surface area (Å²) in [5.41, 5.74) is 24.5. The quantitative estimate of drug-likeness (QED) is 0.105. The van der Waals surface area contributed by atoms with E-state index in [2.05, 4.69) is 232 Å². The van der Waals surface area contributed by atoms with Crippen LogP contribution in [0, 0.1) is 0 Å². The molecule has 144 heavy (non-hydrogen) atoms. The average molecular weight is 1850 g/mol. The molecule has 0 aliphatic heterocycles. The third kappa shape index (κ3) is 15.5. The van der Waals surface area contributed by atoms with Gasteiger partial charge in [0.25, 0.3) is 0 Å². The summed E-state index contributed by atoms with van der Waals surface area (Å²) in [5.74, 6) is 5.29. The number of furan rings is 4. The van der Waals surface area contributed by atoms with Crippen LogP contribution in [0.3, 0.4) is 0 Å². The van der Waals surface area contributed by atoms with E-state index in [0.29, 0.717) is 52.4 Å². The number of benzene rings is 20. The molecular weight excluding hydrogens is 1770 g/mol. The van der Waals surface area contributed by atoms with Gasteiger partial charge in [0.15, 0.2) is 52.4 Å². The Hall–Kier alpha value is -19.9. The Bertz CT molecular complexity index is 9780. The summed E-state index contributed by atoms with van der Waals surface area (Å²) >= 11 is 0. The highest BCUT2D eigenvalue weighted by Crippen LogP contribution is 2.44. The third-order valence-electron chi connectivity index (χ3n) is 26.8. The minimum Gasteiger partial charge on any atom is -0.456 e. The summed E-state index contributed by atoms with van der Waals surface area (Å²) in [5, 5.41) is 17.3. The van der Waals surface area contributed by atoms with E-state index in [9.17, 15) is 0 Å². The van der Waals surface area contributed by atoms with Gasteiger partial charge in [-0.1, -0.05) is 328 Å². The van der Waals surface area contributed by atoms with E-state index in [-0.39, 0.29) is 0 Å². The van der Waals surface area contributed by atoms with E-state index in [1.54, 1.807) is 12.7 Å². The number of hydrogen-bond donors (Lipinski definition) is 0. The van der Waals surface area contributed by atoms with Crippen molar-refractivity contribution in [3.8, 4) is 147 Å². The second-order valence-electron chi connectivity index (χ2n) is 35.6. The first-order chi connectivity index (χ1) is 71.3. The van der Waals surface area contributed by atoms with Crippen LogP contribution in [0.1, 0.15) is 0 Å². The summed E-state index contributed by atoms with van der Waals surface area (Å²) in [6.45, 7) is 0. The molecule has 0 amide bonds. The first-order valence-corrected chi connectivity index (χ1v) is 47.5. The van der Waals surface area contributed by atoms with Crippen LogP contribution in [0.25, 0.3) is 289 Å².